The van der Waals surface area contributed by atoms with E-state index >= 15 is 0 Å². The van der Waals surface area contributed by atoms with Gasteiger partial charge in [0.25, 0.3) is 11.6 Å². The second kappa shape index (κ2) is 9.47. The van der Waals surface area contributed by atoms with E-state index in [-0.39, 0.29) is 22.2 Å². The zero-order valence-electron chi connectivity index (χ0n) is 17.6. The number of nitro benzene ring substituents is 1. The summed E-state index contributed by atoms with van der Waals surface area (Å²) in [5.74, 6) is -0.648. The molecule has 9 nitrogen and oxygen atoms in total. The Morgan fingerprint density at radius 2 is 1.82 bits per heavy atom. The Hall–Kier alpha value is -3.63. The quantitative estimate of drug-likeness (QED) is 0.430. The lowest BCUT2D eigenvalue weighted by Gasteiger charge is -2.34. The Kier molecular flexibility index (Phi) is 6.47. The lowest BCUT2D eigenvalue weighted by Crippen LogP contribution is -2.38. The van der Waals surface area contributed by atoms with E-state index in [0.29, 0.717) is 12.2 Å². The minimum atomic E-state index is -3.77. The van der Waals surface area contributed by atoms with Crippen molar-refractivity contribution in [1.29, 1.82) is 0 Å². The lowest BCUT2D eigenvalue weighted by atomic mass is 9.99. The molecule has 1 atom stereocenters. The van der Waals surface area contributed by atoms with Crippen LogP contribution in [0.2, 0.25) is 0 Å². The summed E-state index contributed by atoms with van der Waals surface area (Å²) in [6.07, 6.45) is 5.78. The zero-order chi connectivity index (χ0) is 23.4. The molecule has 1 aromatic heterocycles. The van der Waals surface area contributed by atoms with Crippen LogP contribution >= 0.6 is 0 Å². The van der Waals surface area contributed by atoms with Crippen molar-refractivity contribution < 1.29 is 18.1 Å². The summed E-state index contributed by atoms with van der Waals surface area (Å²) in [5, 5.41) is 13.7. The molecule has 1 aliphatic rings. The molecule has 0 spiro atoms. The Morgan fingerprint density at radius 3 is 2.52 bits per heavy atom. The highest BCUT2D eigenvalue weighted by Crippen LogP contribution is 2.35. The van der Waals surface area contributed by atoms with Gasteiger partial charge < -0.3 is 5.32 Å². The number of aromatic nitrogens is 1. The minimum Gasteiger partial charge on any atom is -0.322 e. The van der Waals surface area contributed by atoms with Gasteiger partial charge in [-0.05, 0) is 54.8 Å². The van der Waals surface area contributed by atoms with Crippen molar-refractivity contribution in [2.45, 2.75) is 30.2 Å². The van der Waals surface area contributed by atoms with Gasteiger partial charge in [0.05, 0.1) is 15.9 Å². The van der Waals surface area contributed by atoms with E-state index in [4.69, 9.17) is 0 Å². The molecule has 2 aromatic carbocycles. The fourth-order valence-electron chi connectivity index (χ4n) is 3.97. The summed E-state index contributed by atoms with van der Waals surface area (Å²) in [6.45, 7) is 0.415. The highest BCUT2D eigenvalue weighted by atomic mass is 32.2. The molecule has 0 bridgehead atoms. The topological polar surface area (TPSA) is 123 Å². The number of rotatable bonds is 6. The number of carbonyl (C=O) groups is 1. The van der Waals surface area contributed by atoms with Gasteiger partial charge in [-0.2, -0.15) is 4.31 Å². The normalized spacial score (nSPS) is 16.8. The highest BCUT2D eigenvalue weighted by molar-refractivity contribution is 7.89. The van der Waals surface area contributed by atoms with Gasteiger partial charge in [0, 0.05) is 30.7 Å². The van der Waals surface area contributed by atoms with Crippen molar-refractivity contribution in [2.75, 3.05) is 11.9 Å². The second-order valence-corrected chi connectivity index (χ2v) is 9.56. The summed E-state index contributed by atoms with van der Waals surface area (Å²) in [4.78, 5) is 27.3. The molecule has 1 N–H and O–H groups in total. The average molecular weight is 467 g/mol. The summed E-state index contributed by atoms with van der Waals surface area (Å²) in [7, 11) is -3.77. The number of benzene rings is 2. The average Bonchev–Trinajstić information content (AvgIpc) is 2.85. The standard InChI is InChI=1S/C23H22N4O5S/c28-23(20-7-1-2-9-22(20)27(29)30)25-18-10-12-19(13-11-18)33(31,32)26-15-4-3-8-21(26)17-6-5-14-24-16-17/h1-2,5-7,9-14,16,21H,3-4,8,15H2,(H,25,28)/t21-/m1/s1. The van der Waals surface area contributed by atoms with Crippen LogP contribution in [0.15, 0.2) is 78.0 Å². The number of pyridine rings is 1. The van der Waals surface area contributed by atoms with Crippen molar-refractivity contribution in [3.05, 3.63) is 94.3 Å². The van der Waals surface area contributed by atoms with Gasteiger partial charge in [0.2, 0.25) is 10.0 Å². The summed E-state index contributed by atoms with van der Waals surface area (Å²) in [6, 6.07) is 14.8. The van der Waals surface area contributed by atoms with Crippen LogP contribution in [0.5, 0.6) is 0 Å². The molecule has 1 amide bonds. The highest BCUT2D eigenvalue weighted by Gasteiger charge is 2.34. The largest absolute Gasteiger partial charge is 0.322 e. The Balaban J connectivity index is 1.55. The first-order chi connectivity index (χ1) is 15.9. The third-order valence-corrected chi connectivity index (χ3v) is 7.51. The van der Waals surface area contributed by atoms with Crippen molar-refractivity contribution in [2.24, 2.45) is 0 Å². The van der Waals surface area contributed by atoms with Crippen LogP contribution in [0.4, 0.5) is 11.4 Å². The Bertz CT molecular complexity index is 1260. The molecule has 1 aliphatic heterocycles. The molecule has 0 aliphatic carbocycles. The van der Waals surface area contributed by atoms with E-state index in [1.807, 2.05) is 6.07 Å². The number of anilines is 1. The molecular weight excluding hydrogens is 444 g/mol. The number of piperidine rings is 1. The number of hydrogen-bond donors (Lipinski definition) is 1. The number of nitrogens with zero attached hydrogens (tertiary/aromatic N) is 3. The predicted molar refractivity (Wildman–Crippen MR) is 122 cm³/mol. The summed E-state index contributed by atoms with van der Waals surface area (Å²) >= 11 is 0. The molecule has 3 aromatic rings. The van der Waals surface area contributed by atoms with E-state index in [9.17, 15) is 23.3 Å². The van der Waals surface area contributed by atoms with Crippen molar-refractivity contribution >= 4 is 27.3 Å². The Labute approximate surface area is 191 Å². The van der Waals surface area contributed by atoms with Crippen LogP contribution in [-0.2, 0) is 10.0 Å². The van der Waals surface area contributed by atoms with Gasteiger partial charge in [-0.3, -0.25) is 19.9 Å². The molecule has 33 heavy (non-hydrogen) atoms. The van der Waals surface area contributed by atoms with Crippen LogP contribution in [0.25, 0.3) is 0 Å². The van der Waals surface area contributed by atoms with Gasteiger partial charge >= 0.3 is 0 Å². The van der Waals surface area contributed by atoms with Crippen LogP contribution in [0.1, 0.15) is 41.2 Å². The van der Waals surface area contributed by atoms with E-state index in [1.54, 1.807) is 18.5 Å². The third kappa shape index (κ3) is 4.76. The molecule has 1 saturated heterocycles. The molecule has 0 radical (unpaired) electrons. The van der Waals surface area contributed by atoms with E-state index in [2.05, 4.69) is 10.3 Å². The molecule has 170 valence electrons. The van der Waals surface area contributed by atoms with Gasteiger partial charge in [-0.15, -0.1) is 0 Å². The fraction of sp³-hybridized carbons (Fsp3) is 0.217. The number of hydrogen-bond acceptors (Lipinski definition) is 6. The third-order valence-electron chi connectivity index (χ3n) is 5.59. The van der Waals surface area contributed by atoms with Crippen molar-refractivity contribution in [3.63, 3.8) is 0 Å². The van der Waals surface area contributed by atoms with Crippen LogP contribution in [0.3, 0.4) is 0 Å². The van der Waals surface area contributed by atoms with Crippen LogP contribution in [-0.4, -0.2) is 35.1 Å². The van der Waals surface area contributed by atoms with Crippen molar-refractivity contribution in [3.8, 4) is 0 Å². The Morgan fingerprint density at radius 1 is 1.06 bits per heavy atom. The van der Waals surface area contributed by atoms with Crippen molar-refractivity contribution in [1.82, 2.24) is 9.29 Å². The van der Waals surface area contributed by atoms with Crippen LogP contribution < -0.4 is 5.32 Å². The first kappa shape index (κ1) is 22.6. The van der Waals surface area contributed by atoms with E-state index < -0.39 is 20.9 Å². The number of nitrogens with one attached hydrogen (secondary N) is 1. The SMILES string of the molecule is O=C(Nc1ccc(S(=O)(=O)N2CCCC[C@@H]2c2cccnc2)cc1)c1ccccc1[N+](=O)[O-]. The smallest absolute Gasteiger partial charge is 0.282 e. The number of nitro groups is 1. The monoisotopic (exact) mass is 466 g/mol. The molecule has 10 heteroatoms. The van der Waals surface area contributed by atoms with E-state index in [0.717, 1.165) is 24.8 Å². The molecule has 4 rings (SSSR count). The molecule has 0 unspecified atom stereocenters. The number of para-hydroxylation sites is 1. The van der Waals surface area contributed by atoms with Gasteiger partial charge in [0.1, 0.15) is 5.56 Å². The maximum absolute atomic E-state index is 13.4. The molecule has 0 saturated carbocycles. The maximum atomic E-state index is 13.4. The van der Waals surface area contributed by atoms with Crippen LogP contribution in [0, 0.1) is 10.1 Å². The molecule has 2 heterocycles. The van der Waals surface area contributed by atoms with Gasteiger partial charge in [-0.1, -0.05) is 24.6 Å². The zero-order valence-corrected chi connectivity index (χ0v) is 18.4. The second-order valence-electron chi connectivity index (χ2n) is 7.67. The molecular formula is C23H22N4O5S. The minimum absolute atomic E-state index is 0.0770. The predicted octanol–water partition coefficient (Wildman–Crippen LogP) is 4.16. The number of sulfonamides is 1. The van der Waals surface area contributed by atoms with E-state index in [1.165, 1.54) is 52.8 Å². The first-order valence-corrected chi connectivity index (χ1v) is 11.9. The van der Waals surface area contributed by atoms with Gasteiger partial charge in [-0.25, -0.2) is 8.42 Å². The summed E-state index contributed by atoms with van der Waals surface area (Å²) in [5.41, 5.74) is 0.807. The maximum Gasteiger partial charge on any atom is 0.282 e. The van der Waals surface area contributed by atoms with Gasteiger partial charge in [0.15, 0.2) is 0 Å². The first-order valence-electron chi connectivity index (χ1n) is 10.4. The summed E-state index contributed by atoms with van der Waals surface area (Å²) < 4.78 is 28.3. The number of carbonyl (C=O) groups excluding carboxylic acids is 1. The lowest BCUT2D eigenvalue weighted by molar-refractivity contribution is -0.385. The molecule has 1 fully saturated rings. The number of amides is 1. The fourth-order valence-corrected chi connectivity index (χ4v) is 5.65.